The molecule has 2 aromatic heterocycles. The number of hydrogen-bond acceptors (Lipinski definition) is 3. The third kappa shape index (κ3) is 0.956. The molecule has 0 saturated carbocycles. The minimum Gasteiger partial charge on any atom is -0.386 e. The molecule has 0 spiro atoms. The number of benzene rings is 1. The van der Waals surface area contributed by atoms with Gasteiger partial charge in [-0.1, -0.05) is 0 Å². The summed E-state index contributed by atoms with van der Waals surface area (Å²) < 4.78 is 5.07. The van der Waals surface area contributed by atoms with Crippen LogP contribution in [0.25, 0.3) is 10.8 Å². The average molecular weight is 227 g/mol. The van der Waals surface area contributed by atoms with Crippen LogP contribution in [0.5, 0.6) is 0 Å². The second kappa shape index (κ2) is 2.42. The van der Waals surface area contributed by atoms with Gasteiger partial charge in [0.05, 0.1) is 10.8 Å². The van der Waals surface area contributed by atoms with Crippen molar-refractivity contribution in [3.05, 3.63) is 43.5 Å². The summed E-state index contributed by atoms with van der Waals surface area (Å²) in [5, 5.41) is 0.765. The van der Waals surface area contributed by atoms with E-state index in [9.17, 15) is 9.59 Å². The maximum atomic E-state index is 11.1. The van der Waals surface area contributed by atoms with Crippen molar-refractivity contribution in [1.82, 2.24) is 0 Å². The minimum atomic E-state index is -0.605. The van der Waals surface area contributed by atoms with E-state index in [1.807, 2.05) is 0 Å². The van der Waals surface area contributed by atoms with E-state index in [2.05, 4.69) is 20.3 Å². The largest absolute Gasteiger partial charge is 0.386 e. The molecule has 0 atom stereocenters. The van der Waals surface area contributed by atoms with E-state index >= 15 is 0 Å². The van der Waals surface area contributed by atoms with Gasteiger partial charge < -0.3 is 4.42 Å². The van der Waals surface area contributed by atoms with Gasteiger partial charge in [-0.05, 0) is 34.1 Å². The van der Waals surface area contributed by atoms with Crippen LogP contribution in [0.3, 0.4) is 0 Å². The average Bonchev–Trinajstić information content (AvgIpc) is 2.19. The van der Waals surface area contributed by atoms with Crippen molar-refractivity contribution in [2.24, 2.45) is 0 Å². The Hall–Kier alpha value is -1.16. The molecule has 4 heteroatoms. The summed E-state index contributed by atoms with van der Waals surface area (Å²) in [5.74, 6) is 0. The van der Waals surface area contributed by atoms with Gasteiger partial charge in [-0.25, -0.2) is 9.59 Å². The maximum Gasteiger partial charge on any atom is 0.347 e. The van der Waals surface area contributed by atoms with Crippen molar-refractivity contribution in [2.75, 3.05) is 0 Å². The van der Waals surface area contributed by atoms with Crippen LogP contribution < -0.4 is 11.3 Å². The summed E-state index contributed by atoms with van der Waals surface area (Å²) in [6, 6.07) is 4.70. The summed E-state index contributed by atoms with van der Waals surface area (Å²) in [7, 11) is 0. The van der Waals surface area contributed by atoms with Crippen LogP contribution >= 0.6 is 15.9 Å². The molecule has 0 N–H and O–H groups in total. The third-order valence-electron chi connectivity index (χ3n) is 1.61. The van der Waals surface area contributed by atoms with Crippen molar-refractivity contribution in [3.63, 3.8) is 0 Å². The monoisotopic (exact) mass is 226 g/mol. The lowest BCUT2D eigenvalue weighted by molar-refractivity contribution is 0.492. The minimum absolute atomic E-state index is 0.379. The van der Waals surface area contributed by atoms with Crippen molar-refractivity contribution in [3.8, 4) is 0 Å². The summed E-state index contributed by atoms with van der Waals surface area (Å²) in [4.78, 5) is 22.1. The SMILES string of the molecule is O=c1oc(=O)c2ccc1cc2Br. The number of halogens is 1. The van der Waals surface area contributed by atoms with E-state index < -0.39 is 11.3 Å². The van der Waals surface area contributed by atoms with Gasteiger partial charge in [0, 0.05) is 4.47 Å². The first-order valence-electron chi connectivity index (χ1n) is 3.24. The molecule has 12 heavy (non-hydrogen) atoms. The van der Waals surface area contributed by atoms with E-state index in [1.165, 1.54) is 0 Å². The molecule has 0 aliphatic rings. The summed E-state index contributed by atoms with van der Waals surface area (Å²) in [5.41, 5.74) is -1.20. The van der Waals surface area contributed by atoms with E-state index in [1.54, 1.807) is 18.2 Å². The zero-order chi connectivity index (χ0) is 8.72. The first kappa shape index (κ1) is 7.49. The molecule has 3 rings (SSSR count). The molecule has 1 aromatic carbocycles. The van der Waals surface area contributed by atoms with Gasteiger partial charge in [0.1, 0.15) is 0 Å². The Morgan fingerprint density at radius 1 is 1.17 bits per heavy atom. The van der Waals surface area contributed by atoms with Gasteiger partial charge in [0.15, 0.2) is 0 Å². The second-order valence-corrected chi connectivity index (χ2v) is 3.23. The third-order valence-corrected chi connectivity index (χ3v) is 2.27. The van der Waals surface area contributed by atoms with E-state index in [4.69, 9.17) is 0 Å². The molecular weight excluding hydrogens is 224 g/mol. The maximum absolute atomic E-state index is 11.1. The topological polar surface area (TPSA) is 47.3 Å². The molecule has 0 aliphatic carbocycles. The molecule has 0 amide bonds. The van der Waals surface area contributed by atoms with E-state index in [-0.39, 0.29) is 0 Å². The predicted molar refractivity (Wildman–Crippen MR) is 47.6 cm³/mol. The first-order chi connectivity index (χ1) is 5.68. The molecule has 3 nitrogen and oxygen atoms in total. The molecule has 60 valence electrons. The number of fused-ring (bicyclic) bond motifs is 4. The Bertz CT molecular complexity index is 529. The fourth-order valence-electron chi connectivity index (χ4n) is 1.01. The summed E-state index contributed by atoms with van der Waals surface area (Å²) in [6.45, 7) is 0. The van der Waals surface area contributed by atoms with Crippen molar-refractivity contribution < 1.29 is 4.42 Å². The summed E-state index contributed by atoms with van der Waals surface area (Å²) in [6.07, 6.45) is 0. The fourth-order valence-corrected chi connectivity index (χ4v) is 1.55. The highest BCUT2D eigenvalue weighted by Gasteiger charge is 2.04. The highest BCUT2D eigenvalue weighted by Crippen LogP contribution is 2.16. The molecule has 0 unspecified atom stereocenters. The lowest BCUT2D eigenvalue weighted by Crippen LogP contribution is -2.02. The quantitative estimate of drug-likeness (QED) is 0.682. The number of rotatable bonds is 0. The van der Waals surface area contributed by atoms with Crippen LogP contribution in [-0.4, -0.2) is 0 Å². The molecule has 2 bridgehead atoms. The summed E-state index contributed by atoms with van der Waals surface area (Å²) >= 11 is 3.16. The van der Waals surface area contributed by atoms with Gasteiger partial charge in [-0.3, -0.25) is 0 Å². The normalized spacial score (nSPS) is 10.8. The highest BCUT2D eigenvalue weighted by molar-refractivity contribution is 9.10. The molecule has 0 radical (unpaired) electrons. The predicted octanol–water partition coefficient (Wildman–Crippen LogP) is 1.35. The Morgan fingerprint density at radius 2 is 1.92 bits per heavy atom. The molecule has 0 saturated heterocycles. The molecule has 0 fully saturated rings. The van der Waals surface area contributed by atoms with Gasteiger partial charge in [0.2, 0.25) is 0 Å². The zero-order valence-electron chi connectivity index (χ0n) is 5.83. The standard InChI is InChI=1S/C8H3BrO3/c9-6-3-4-1-2-5(6)8(11)12-7(4)10/h1-3H. The van der Waals surface area contributed by atoms with Crippen LogP contribution in [0, 0.1) is 0 Å². The van der Waals surface area contributed by atoms with E-state index in [0.717, 1.165) is 0 Å². The molecule has 2 heterocycles. The van der Waals surface area contributed by atoms with Crippen molar-refractivity contribution in [2.45, 2.75) is 0 Å². The number of hydrogen-bond donors (Lipinski definition) is 0. The van der Waals surface area contributed by atoms with Crippen molar-refractivity contribution >= 4 is 26.7 Å². The molecule has 0 aliphatic heterocycles. The van der Waals surface area contributed by atoms with Gasteiger partial charge in [0.25, 0.3) is 0 Å². The van der Waals surface area contributed by atoms with Gasteiger partial charge >= 0.3 is 11.3 Å². The second-order valence-electron chi connectivity index (χ2n) is 2.37. The van der Waals surface area contributed by atoms with Crippen LogP contribution in [0.4, 0.5) is 0 Å². The van der Waals surface area contributed by atoms with Crippen LogP contribution in [0.2, 0.25) is 0 Å². The lowest BCUT2D eigenvalue weighted by atomic mass is 10.2. The smallest absolute Gasteiger partial charge is 0.347 e. The van der Waals surface area contributed by atoms with E-state index in [0.29, 0.717) is 15.2 Å². The van der Waals surface area contributed by atoms with Gasteiger partial charge in [-0.2, -0.15) is 0 Å². The van der Waals surface area contributed by atoms with Crippen molar-refractivity contribution in [1.29, 1.82) is 0 Å². The molecular formula is C8H3BrO3. The molecule has 3 aromatic rings. The van der Waals surface area contributed by atoms with Crippen LogP contribution in [0.15, 0.2) is 36.7 Å². The fraction of sp³-hybridized carbons (Fsp3) is 0. The lowest BCUT2D eigenvalue weighted by Gasteiger charge is -1.86. The Labute approximate surface area is 75.1 Å². The first-order valence-corrected chi connectivity index (χ1v) is 4.04. The van der Waals surface area contributed by atoms with Crippen LogP contribution in [-0.2, 0) is 0 Å². The Kier molecular flexibility index (Phi) is 1.51. The van der Waals surface area contributed by atoms with Crippen LogP contribution in [0.1, 0.15) is 0 Å². The Balaban J connectivity index is 3.26. The van der Waals surface area contributed by atoms with Gasteiger partial charge in [-0.15, -0.1) is 0 Å². The zero-order valence-corrected chi connectivity index (χ0v) is 7.42. The highest BCUT2D eigenvalue weighted by atomic mass is 79.9. The Morgan fingerprint density at radius 3 is 2.58 bits per heavy atom.